The topological polar surface area (TPSA) is 72.2 Å². The summed E-state index contributed by atoms with van der Waals surface area (Å²) in [4.78, 5) is 27.2. The van der Waals surface area contributed by atoms with Gasteiger partial charge in [0.05, 0.1) is 10.5 Å². The van der Waals surface area contributed by atoms with Crippen LogP contribution in [0.4, 0.5) is 4.79 Å². The molecule has 0 unspecified atom stereocenters. The number of aromatic nitrogens is 1. The molecule has 1 aliphatic rings. The van der Waals surface area contributed by atoms with Gasteiger partial charge in [-0.3, -0.25) is 19.9 Å². The van der Waals surface area contributed by atoms with E-state index in [1.54, 1.807) is 24.5 Å². The molecule has 0 aromatic carbocycles. The van der Waals surface area contributed by atoms with E-state index in [2.05, 4.69) is 29.1 Å². The van der Waals surface area contributed by atoms with Gasteiger partial charge in [0.25, 0.3) is 11.1 Å². The average molecular weight is 312 g/mol. The summed E-state index contributed by atoms with van der Waals surface area (Å²) in [5, 5.41) is 2.64. The number of carbonyl (C=O) groups excluding carboxylic acids is 2. The maximum atomic E-state index is 11.5. The lowest BCUT2D eigenvalue weighted by atomic mass is 10.2. The molecule has 1 saturated heterocycles. The predicted molar refractivity (Wildman–Crippen MR) is 84.9 cm³/mol. The van der Waals surface area contributed by atoms with E-state index in [4.69, 9.17) is 4.42 Å². The normalized spacial score (nSPS) is 16.0. The zero-order valence-electron chi connectivity index (χ0n) is 11.8. The minimum atomic E-state index is -0.406. The first-order chi connectivity index (χ1) is 10.7. The molecule has 5 nitrogen and oxygen atoms in total. The lowest BCUT2D eigenvalue weighted by molar-refractivity contribution is -0.115. The quantitative estimate of drug-likeness (QED) is 0.680. The van der Waals surface area contributed by atoms with Gasteiger partial charge in [0, 0.05) is 30.3 Å². The number of pyridine rings is 1. The molecule has 3 heterocycles. The van der Waals surface area contributed by atoms with Crippen LogP contribution in [-0.4, -0.2) is 16.1 Å². The number of amides is 2. The van der Waals surface area contributed by atoms with Crippen LogP contribution < -0.4 is 5.32 Å². The Kier molecular flexibility index (Phi) is 3.98. The number of rotatable bonds is 2. The minimum absolute atomic E-state index is 0.315. The molecular weight excluding hydrogens is 300 g/mol. The molecule has 2 aromatic heterocycles. The molecule has 2 amide bonds. The highest BCUT2D eigenvalue weighted by atomic mass is 32.2. The molecule has 0 bridgehead atoms. The third-order valence-corrected chi connectivity index (χ3v) is 3.77. The van der Waals surface area contributed by atoms with Crippen LogP contribution in [0.1, 0.15) is 31.1 Å². The molecule has 0 saturated carbocycles. The second kappa shape index (κ2) is 6.08. The second-order valence-electron chi connectivity index (χ2n) is 4.66. The Morgan fingerprint density at radius 3 is 3.00 bits per heavy atom. The first-order valence-corrected chi connectivity index (χ1v) is 7.60. The SMILES string of the molecule is CCCC#Cc1cncc2cc(/C=C3\SC(=O)NC3=O)oc12. The lowest BCUT2D eigenvalue weighted by Gasteiger charge is -1.92. The number of fused-ring (bicyclic) bond motifs is 1. The van der Waals surface area contributed by atoms with Crippen molar-refractivity contribution in [1.29, 1.82) is 0 Å². The Labute approximate surface area is 131 Å². The number of hydrogen-bond acceptors (Lipinski definition) is 5. The summed E-state index contributed by atoms with van der Waals surface area (Å²) >= 11 is 0.857. The summed E-state index contributed by atoms with van der Waals surface area (Å²) in [6.45, 7) is 2.07. The molecule has 1 aliphatic heterocycles. The van der Waals surface area contributed by atoms with E-state index in [1.165, 1.54) is 0 Å². The van der Waals surface area contributed by atoms with Crippen molar-refractivity contribution in [2.24, 2.45) is 0 Å². The molecule has 6 heteroatoms. The fourth-order valence-electron chi connectivity index (χ4n) is 1.98. The van der Waals surface area contributed by atoms with Crippen molar-refractivity contribution < 1.29 is 14.0 Å². The number of thioether (sulfide) groups is 1. The summed E-state index contributed by atoms with van der Waals surface area (Å²) in [7, 11) is 0. The molecule has 110 valence electrons. The van der Waals surface area contributed by atoms with E-state index in [9.17, 15) is 9.59 Å². The van der Waals surface area contributed by atoms with Gasteiger partial charge < -0.3 is 4.42 Å². The zero-order chi connectivity index (χ0) is 15.5. The van der Waals surface area contributed by atoms with Gasteiger partial charge in [0.1, 0.15) is 5.76 Å². The van der Waals surface area contributed by atoms with Crippen molar-refractivity contribution >= 4 is 40.0 Å². The smallest absolute Gasteiger partial charge is 0.290 e. The van der Waals surface area contributed by atoms with Crippen LogP contribution in [-0.2, 0) is 4.79 Å². The van der Waals surface area contributed by atoms with Gasteiger partial charge >= 0.3 is 0 Å². The molecule has 1 N–H and O–H groups in total. The average Bonchev–Trinajstić information content (AvgIpc) is 3.03. The van der Waals surface area contributed by atoms with E-state index < -0.39 is 5.91 Å². The zero-order valence-corrected chi connectivity index (χ0v) is 12.6. The van der Waals surface area contributed by atoms with E-state index in [-0.39, 0.29) is 5.24 Å². The highest BCUT2D eigenvalue weighted by Gasteiger charge is 2.25. The Morgan fingerprint density at radius 1 is 1.41 bits per heavy atom. The molecular formula is C16H12N2O3S. The molecule has 0 spiro atoms. The summed E-state index contributed by atoms with van der Waals surface area (Å²) < 4.78 is 5.75. The van der Waals surface area contributed by atoms with Gasteiger partial charge in [-0.05, 0) is 24.2 Å². The van der Waals surface area contributed by atoms with Gasteiger partial charge in [0.2, 0.25) is 0 Å². The number of unbranched alkanes of at least 4 members (excludes halogenated alkanes) is 1. The lowest BCUT2D eigenvalue weighted by Crippen LogP contribution is -2.17. The highest BCUT2D eigenvalue weighted by Crippen LogP contribution is 2.28. The maximum Gasteiger partial charge on any atom is 0.290 e. The van der Waals surface area contributed by atoms with Crippen LogP contribution in [0.5, 0.6) is 0 Å². The number of carbonyl (C=O) groups is 2. The summed E-state index contributed by atoms with van der Waals surface area (Å²) in [5.74, 6) is 6.19. The van der Waals surface area contributed by atoms with Crippen LogP contribution in [0.3, 0.4) is 0 Å². The molecule has 0 aliphatic carbocycles. The van der Waals surface area contributed by atoms with Crippen molar-refractivity contribution in [2.45, 2.75) is 19.8 Å². The Hall–Kier alpha value is -2.52. The van der Waals surface area contributed by atoms with Gasteiger partial charge in [-0.25, -0.2) is 0 Å². The fraction of sp³-hybridized carbons (Fsp3) is 0.188. The summed E-state index contributed by atoms with van der Waals surface area (Å²) in [5.41, 5.74) is 1.36. The van der Waals surface area contributed by atoms with Crippen molar-refractivity contribution in [3.8, 4) is 11.8 Å². The van der Waals surface area contributed by atoms with E-state index in [0.29, 0.717) is 16.2 Å². The van der Waals surface area contributed by atoms with Crippen molar-refractivity contribution in [1.82, 2.24) is 10.3 Å². The van der Waals surface area contributed by atoms with Gasteiger partial charge in [-0.15, -0.1) is 0 Å². The van der Waals surface area contributed by atoms with Gasteiger partial charge in [-0.2, -0.15) is 0 Å². The van der Waals surface area contributed by atoms with Crippen LogP contribution in [0, 0.1) is 11.8 Å². The Balaban J connectivity index is 1.99. The third kappa shape index (κ3) is 2.90. The Bertz CT molecular complexity index is 855. The highest BCUT2D eigenvalue weighted by molar-refractivity contribution is 8.18. The number of hydrogen-bond donors (Lipinski definition) is 1. The van der Waals surface area contributed by atoms with E-state index >= 15 is 0 Å². The van der Waals surface area contributed by atoms with E-state index in [0.717, 1.165) is 35.6 Å². The third-order valence-electron chi connectivity index (χ3n) is 2.96. The molecule has 3 rings (SSSR count). The number of furan rings is 1. The first-order valence-electron chi connectivity index (χ1n) is 6.78. The van der Waals surface area contributed by atoms with Crippen LogP contribution in [0.25, 0.3) is 17.0 Å². The minimum Gasteiger partial charge on any atom is -0.455 e. The van der Waals surface area contributed by atoms with Crippen molar-refractivity contribution in [2.75, 3.05) is 0 Å². The van der Waals surface area contributed by atoms with Crippen molar-refractivity contribution in [3.63, 3.8) is 0 Å². The number of nitrogens with zero attached hydrogens (tertiary/aromatic N) is 1. The van der Waals surface area contributed by atoms with E-state index in [1.807, 2.05) is 0 Å². The van der Waals surface area contributed by atoms with Gasteiger partial charge in [-0.1, -0.05) is 18.8 Å². The molecule has 1 fully saturated rings. The molecule has 0 radical (unpaired) electrons. The fourth-order valence-corrected chi connectivity index (χ4v) is 2.64. The summed E-state index contributed by atoms with van der Waals surface area (Å²) in [6, 6.07) is 1.77. The standard InChI is InChI=1S/C16H12N2O3S/c1-2-3-4-5-10-8-17-9-11-6-12(21-14(10)11)7-13-15(19)18-16(20)22-13/h6-9H,2-3H2,1H3,(H,18,19,20)/b13-7-. The Morgan fingerprint density at radius 2 is 2.27 bits per heavy atom. The maximum absolute atomic E-state index is 11.5. The van der Waals surface area contributed by atoms with Crippen molar-refractivity contribution in [3.05, 3.63) is 34.7 Å². The molecule has 0 atom stereocenters. The number of nitrogens with one attached hydrogen (secondary N) is 1. The molecule has 22 heavy (non-hydrogen) atoms. The van der Waals surface area contributed by atoms with Crippen LogP contribution in [0.15, 0.2) is 27.8 Å². The van der Waals surface area contributed by atoms with Crippen LogP contribution >= 0.6 is 11.8 Å². The number of imide groups is 1. The van der Waals surface area contributed by atoms with Gasteiger partial charge in [0.15, 0.2) is 5.58 Å². The van der Waals surface area contributed by atoms with Crippen LogP contribution in [0.2, 0.25) is 0 Å². The predicted octanol–water partition coefficient (Wildman–Crippen LogP) is 3.30. The summed E-state index contributed by atoms with van der Waals surface area (Å²) in [6.07, 6.45) is 6.69. The molecule has 2 aromatic rings. The first kappa shape index (κ1) is 14.4. The monoisotopic (exact) mass is 312 g/mol. The second-order valence-corrected chi connectivity index (χ2v) is 5.67. The largest absolute Gasteiger partial charge is 0.455 e.